The van der Waals surface area contributed by atoms with Crippen LogP contribution in [0.1, 0.15) is 44.1 Å². The first-order valence-electron chi connectivity index (χ1n) is 9.96. The molecule has 7 nitrogen and oxygen atoms in total. The Labute approximate surface area is 170 Å². The second-order valence-corrected chi connectivity index (χ2v) is 7.35. The zero-order chi connectivity index (χ0) is 20.7. The van der Waals surface area contributed by atoms with Crippen LogP contribution in [0.25, 0.3) is 6.08 Å². The fourth-order valence-electron chi connectivity index (χ4n) is 3.62. The van der Waals surface area contributed by atoms with Crippen LogP contribution in [0.15, 0.2) is 24.3 Å². The van der Waals surface area contributed by atoms with E-state index in [9.17, 15) is 14.9 Å². The number of carbonyl (C=O) groups is 2. The minimum atomic E-state index is -0.790. The molecule has 1 aliphatic heterocycles. The van der Waals surface area contributed by atoms with E-state index in [-0.39, 0.29) is 12.5 Å². The monoisotopic (exact) mass is 398 g/mol. The number of nitrogens with zero attached hydrogens (tertiary/aromatic N) is 2. The summed E-state index contributed by atoms with van der Waals surface area (Å²) in [6.07, 6.45) is 7.92. The van der Waals surface area contributed by atoms with Gasteiger partial charge in [0.05, 0.1) is 19.3 Å². The summed E-state index contributed by atoms with van der Waals surface area (Å²) in [5.74, 6) is 0.341. The smallest absolute Gasteiger partial charge is 0.331 e. The van der Waals surface area contributed by atoms with Crippen molar-refractivity contribution < 1.29 is 23.8 Å². The maximum atomic E-state index is 12.4. The van der Waals surface area contributed by atoms with Crippen LogP contribution in [-0.2, 0) is 14.3 Å². The molecule has 0 atom stereocenters. The van der Waals surface area contributed by atoms with Gasteiger partial charge >= 0.3 is 5.97 Å². The van der Waals surface area contributed by atoms with E-state index in [1.165, 1.54) is 11.0 Å². The van der Waals surface area contributed by atoms with E-state index < -0.39 is 11.5 Å². The minimum Gasteiger partial charge on any atom is -0.490 e. The minimum absolute atomic E-state index is 0.370. The maximum Gasteiger partial charge on any atom is 0.331 e. The van der Waals surface area contributed by atoms with Crippen molar-refractivity contribution in [1.29, 1.82) is 5.26 Å². The molecule has 7 heteroatoms. The number of ether oxygens (including phenoxy) is 3. The number of rotatable bonds is 5. The van der Waals surface area contributed by atoms with Crippen molar-refractivity contribution in [2.24, 2.45) is 0 Å². The number of amides is 1. The topological polar surface area (TPSA) is 88.9 Å². The quantitative estimate of drug-likeness (QED) is 0.559. The molecular weight excluding hydrogens is 372 g/mol. The van der Waals surface area contributed by atoms with E-state index in [4.69, 9.17) is 14.2 Å². The SMILES string of the molecule is CN(C(=O)COC(=O)/C=C/c1ccc2c(c1)OCCCO2)C1(C#N)CCCCC1. The Bertz CT molecular complexity index is 821. The van der Waals surface area contributed by atoms with Gasteiger partial charge in [0.2, 0.25) is 0 Å². The Morgan fingerprint density at radius 2 is 1.90 bits per heavy atom. The fraction of sp³-hybridized carbons (Fsp3) is 0.500. The van der Waals surface area contributed by atoms with Crippen LogP contribution in [0.3, 0.4) is 0 Å². The molecule has 0 radical (unpaired) electrons. The Hall–Kier alpha value is -3.01. The highest BCUT2D eigenvalue weighted by Gasteiger charge is 2.38. The largest absolute Gasteiger partial charge is 0.490 e. The Balaban J connectivity index is 1.53. The number of likely N-dealkylation sites (N-methyl/N-ethyl adjacent to an activating group) is 1. The molecular formula is C22H26N2O5. The van der Waals surface area contributed by atoms with Gasteiger partial charge in [0, 0.05) is 19.5 Å². The average molecular weight is 398 g/mol. The Morgan fingerprint density at radius 1 is 1.17 bits per heavy atom. The summed E-state index contributed by atoms with van der Waals surface area (Å²) in [5.41, 5.74) is -0.0260. The summed E-state index contributed by atoms with van der Waals surface area (Å²) in [7, 11) is 1.61. The molecule has 1 fully saturated rings. The first kappa shape index (κ1) is 20.7. The zero-order valence-electron chi connectivity index (χ0n) is 16.7. The maximum absolute atomic E-state index is 12.4. The second kappa shape index (κ2) is 9.46. The lowest BCUT2D eigenvalue weighted by Gasteiger charge is -2.38. The zero-order valence-corrected chi connectivity index (χ0v) is 16.7. The van der Waals surface area contributed by atoms with Gasteiger partial charge in [-0.2, -0.15) is 5.26 Å². The van der Waals surface area contributed by atoms with Crippen LogP contribution in [0.4, 0.5) is 0 Å². The lowest BCUT2D eigenvalue weighted by molar-refractivity contribution is -0.150. The van der Waals surface area contributed by atoms with Crippen molar-refractivity contribution >= 4 is 18.0 Å². The van der Waals surface area contributed by atoms with Crippen molar-refractivity contribution in [3.8, 4) is 17.6 Å². The van der Waals surface area contributed by atoms with E-state index in [1.54, 1.807) is 25.3 Å². The summed E-state index contributed by atoms with van der Waals surface area (Å²) < 4.78 is 16.3. The number of hydrogen-bond donors (Lipinski definition) is 0. The molecule has 1 aromatic rings. The second-order valence-electron chi connectivity index (χ2n) is 7.35. The summed E-state index contributed by atoms with van der Waals surface area (Å²) in [6, 6.07) is 7.70. The van der Waals surface area contributed by atoms with Crippen LogP contribution >= 0.6 is 0 Å². The van der Waals surface area contributed by atoms with Crippen molar-refractivity contribution in [1.82, 2.24) is 4.90 Å². The Morgan fingerprint density at radius 3 is 2.62 bits per heavy atom. The van der Waals surface area contributed by atoms with E-state index in [0.29, 0.717) is 37.6 Å². The molecule has 0 saturated heterocycles. The van der Waals surface area contributed by atoms with Gasteiger partial charge in [0.1, 0.15) is 5.54 Å². The molecule has 1 aliphatic carbocycles. The predicted octanol–water partition coefficient (Wildman–Crippen LogP) is 3.09. The number of hydrogen-bond acceptors (Lipinski definition) is 6. The van der Waals surface area contributed by atoms with Crippen molar-refractivity contribution in [3.63, 3.8) is 0 Å². The summed E-state index contributed by atoms with van der Waals surface area (Å²) >= 11 is 0. The first-order chi connectivity index (χ1) is 14.0. The van der Waals surface area contributed by atoms with Crippen molar-refractivity contribution in [2.75, 3.05) is 26.9 Å². The van der Waals surface area contributed by atoms with E-state index in [0.717, 1.165) is 31.2 Å². The molecule has 29 heavy (non-hydrogen) atoms. The normalized spacial score (nSPS) is 17.8. The van der Waals surface area contributed by atoms with Gasteiger partial charge in [-0.3, -0.25) is 4.79 Å². The van der Waals surface area contributed by atoms with Gasteiger partial charge in [-0.25, -0.2) is 4.79 Å². The van der Waals surface area contributed by atoms with Crippen LogP contribution < -0.4 is 9.47 Å². The van der Waals surface area contributed by atoms with Crippen LogP contribution in [0, 0.1) is 11.3 Å². The fourth-order valence-corrected chi connectivity index (χ4v) is 3.62. The molecule has 1 aromatic carbocycles. The number of fused-ring (bicyclic) bond motifs is 1. The standard InChI is InChI=1S/C22H26N2O5/c1-24(22(16-23)10-3-2-4-11-22)20(25)15-29-21(26)9-7-17-6-8-18-19(14-17)28-13-5-12-27-18/h6-9,14H,2-5,10-13,15H2,1H3/b9-7+. The summed E-state index contributed by atoms with van der Waals surface area (Å²) in [5, 5.41) is 9.57. The predicted molar refractivity (Wildman–Crippen MR) is 106 cm³/mol. The number of carbonyl (C=O) groups excluding carboxylic acids is 2. The van der Waals surface area contributed by atoms with Crippen molar-refractivity contribution in [2.45, 2.75) is 44.1 Å². The van der Waals surface area contributed by atoms with Gasteiger partial charge < -0.3 is 19.1 Å². The van der Waals surface area contributed by atoms with Gasteiger partial charge in [-0.1, -0.05) is 25.3 Å². The lowest BCUT2D eigenvalue weighted by Crippen LogP contribution is -2.51. The van der Waals surface area contributed by atoms with E-state index in [1.807, 2.05) is 6.07 Å². The molecule has 0 spiro atoms. The van der Waals surface area contributed by atoms with Crippen LogP contribution in [0.2, 0.25) is 0 Å². The van der Waals surface area contributed by atoms with Gasteiger partial charge in [0.15, 0.2) is 18.1 Å². The number of nitriles is 1. The highest BCUT2D eigenvalue weighted by atomic mass is 16.5. The van der Waals surface area contributed by atoms with Gasteiger partial charge in [0.25, 0.3) is 5.91 Å². The Kier molecular flexibility index (Phi) is 6.76. The van der Waals surface area contributed by atoms with Crippen molar-refractivity contribution in [3.05, 3.63) is 29.8 Å². The molecule has 0 aromatic heterocycles. The third-order valence-corrected chi connectivity index (χ3v) is 5.43. The molecule has 3 rings (SSSR count). The molecule has 1 heterocycles. The van der Waals surface area contributed by atoms with E-state index in [2.05, 4.69) is 6.07 Å². The molecule has 1 amide bonds. The third kappa shape index (κ3) is 5.08. The molecule has 0 N–H and O–H groups in total. The summed E-state index contributed by atoms with van der Waals surface area (Å²) in [4.78, 5) is 25.9. The van der Waals surface area contributed by atoms with Crippen LogP contribution in [-0.4, -0.2) is 49.2 Å². The molecule has 154 valence electrons. The average Bonchev–Trinajstić information content (AvgIpc) is 3.00. The first-order valence-corrected chi connectivity index (χ1v) is 9.96. The third-order valence-electron chi connectivity index (χ3n) is 5.43. The highest BCUT2D eigenvalue weighted by Crippen LogP contribution is 2.32. The van der Waals surface area contributed by atoms with E-state index >= 15 is 0 Å². The molecule has 2 aliphatic rings. The number of esters is 1. The summed E-state index contributed by atoms with van der Waals surface area (Å²) in [6.45, 7) is 0.816. The highest BCUT2D eigenvalue weighted by molar-refractivity contribution is 5.89. The van der Waals surface area contributed by atoms with Crippen LogP contribution in [0.5, 0.6) is 11.5 Å². The van der Waals surface area contributed by atoms with Gasteiger partial charge in [-0.15, -0.1) is 0 Å². The molecule has 0 bridgehead atoms. The number of benzene rings is 1. The van der Waals surface area contributed by atoms with Gasteiger partial charge in [-0.05, 0) is 36.6 Å². The lowest BCUT2D eigenvalue weighted by atomic mass is 9.81. The molecule has 1 saturated carbocycles. The molecule has 0 unspecified atom stereocenters.